The average Bonchev–Trinajstić information content (AvgIpc) is 2.47. The van der Waals surface area contributed by atoms with E-state index in [4.69, 9.17) is 5.26 Å². The Morgan fingerprint density at radius 2 is 1.74 bits per heavy atom. The minimum Gasteiger partial charge on any atom is -0.299 e. The largest absolute Gasteiger partial charge is 0.299 e. The van der Waals surface area contributed by atoms with Crippen LogP contribution in [-0.4, -0.2) is 42.5 Å². The first-order valence-electron chi connectivity index (χ1n) is 7.20. The number of benzene rings is 1. The lowest BCUT2D eigenvalue weighted by Crippen LogP contribution is -2.47. The van der Waals surface area contributed by atoms with Crippen molar-refractivity contribution in [3.8, 4) is 6.07 Å². The predicted octanol–water partition coefficient (Wildman–Crippen LogP) is 2.35. The summed E-state index contributed by atoms with van der Waals surface area (Å²) in [7, 11) is 0. The highest BCUT2D eigenvalue weighted by molar-refractivity contribution is 5.14. The minimum absolute atomic E-state index is 0.195. The van der Waals surface area contributed by atoms with E-state index in [0.717, 1.165) is 45.7 Å². The number of piperazine rings is 1. The van der Waals surface area contributed by atoms with Crippen molar-refractivity contribution >= 4 is 0 Å². The molecular weight excluding hydrogens is 234 g/mol. The van der Waals surface area contributed by atoms with E-state index >= 15 is 0 Å². The van der Waals surface area contributed by atoms with Gasteiger partial charge in [-0.3, -0.25) is 9.80 Å². The van der Waals surface area contributed by atoms with Crippen molar-refractivity contribution in [2.24, 2.45) is 5.92 Å². The zero-order chi connectivity index (χ0) is 13.5. The SMILES string of the molecule is CCC(C#N)CN1CCN(Cc2ccccc2)CC1. The summed E-state index contributed by atoms with van der Waals surface area (Å²) in [5.74, 6) is 0.195. The molecule has 19 heavy (non-hydrogen) atoms. The van der Waals surface area contributed by atoms with Crippen molar-refractivity contribution in [3.63, 3.8) is 0 Å². The van der Waals surface area contributed by atoms with Gasteiger partial charge in [-0.25, -0.2) is 0 Å². The van der Waals surface area contributed by atoms with E-state index in [1.165, 1.54) is 5.56 Å². The van der Waals surface area contributed by atoms with Crippen molar-refractivity contribution in [2.45, 2.75) is 19.9 Å². The van der Waals surface area contributed by atoms with Gasteiger partial charge in [0.15, 0.2) is 0 Å². The summed E-state index contributed by atoms with van der Waals surface area (Å²) in [4.78, 5) is 4.93. The van der Waals surface area contributed by atoms with Gasteiger partial charge in [0.25, 0.3) is 0 Å². The van der Waals surface area contributed by atoms with Gasteiger partial charge in [-0.1, -0.05) is 37.3 Å². The van der Waals surface area contributed by atoms with Crippen molar-refractivity contribution in [1.82, 2.24) is 9.80 Å². The van der Waals surface area contributed by atoms with Crippen LogP contribution < -0.4 is 0 Å². The van der Waals surface area contributed by atoms with E-state index in [1.54, 1.807) is 0 Å². The van der Waals surface area contributed by atoms with Crippen LogP contribution in [0, 0.1) is 17.2 Å². The van der Waals surface area contributed by atoms with Crippen molar-refractivity contribution in [3.05, 3.63) is 35.9 Å². The fourth-order valence-electron chi connectivity index (χ4n) is 2.54. The van der Waals surface area contributed by atoms with Crippen LogP contribution in [0.2, 0.25) is 0 Å². The smallest absolute Gasteiger partial charge is 0.0669 e. The number of nitriles is 1. The molecule has 0 bridgehead atoms. The van der Waals surface area contributed by atoms with E-state index in [-0.39, 0.29) is 5.92 Å². The van der Waals surface area contributed by atoms with Gasteiger partial charge >= 0.3 is 0 Å². The van der Waals surface area contributed by atoms with Gasteiger partial charge in [0.05, 0.1) is 12.0 Å². The van der Waals surface area contributed by atoms with Crippen LogP contribution in [0.1, 0.15) is 18.9 Å². The third kappa shape index (κ3) is 4.34. The predicted molar refractivity (Wildman–Crippen MR) is 77.6 cm³/mol. The Hall–Kier alpha value is -1.37. The molecule has 0 saturated carbocycles. The zero-order valence-corrected chi connectivity index (χ0v) is 11.8. The molecule has 1 aliphatic heterocycles. The Morgan fingerprint density at radius 3 is 2.32 bits per heavy atom. The molecule has 1 unspecified atom stereocenters. The summed E-state index contributed by atoms with van der Waals surface area (Å²) in [6.07, 6.45) is 0.959. The highest BCUT2D eigenvalue weighted by Crippen LogP contribution is 2.11. The lowest BCUT2D eigenvalue weighted by molar-refractivity contribution is 0.119. The quantitative estimate of drug-likeness (QED) is 0.811. The van der Waals surface area contributed by atoms with Gasteiger partial charge in [-0.2, -0.15) is 5.26 Å². The molecule has 1 heterocycles. The van der Waals surface area contributed by atoms with E-state index in [9.17, 15) is 0 Å². The van der Waals surface area contributed by atoms with E-state index in [2.05, 4.69) is 53.1 Å². The normalized spacial score (nSPS) is 18.9. The van der Waals surface area contributed by atoms with E-state index in [1.807, 2.05) is 0 Å². The van der Waals surface area contributed by atoms with Gasteiger partial charge in [0.2, 0.25) is 0 Å². The molecule has 1 fully saturated rings. The molecule has 1 atom stereocenters. The maximum absolute atomic E-state index is 9.02. The molecule has 1 saturated heterocycles. The van der Waals surface area contributed by atoms with Gasteiger partial charge in [-0.15, -0.1) is 0 Å². The molecule has 2 rings (SSSR count). The Kier molecular flexibility index (Phi) is 5.38. The van der Waals surface area contributed by atoms with Crippen LogP contribution in [0.15, 0.2) is 30.3 Å². The van der Waals surface area contributed by atoms with Gasteiger partial charge < -0.3 is 0 Å². The molecule has 3 heteroatoms. The lowest BCUT2D eigenvalue weighted by Gasteiger charge is -2.35. The second-order valence-corrected chi connectivity index (χ2v) is 5.30. The van der Waals surface area contributed by atoms with Crippen LogP contribution in [0.4, 0.5) is 0 Å². The van der Waals surface area contributed by atoms with Crippen molar-refractivity contribution < 1.29 is 0 Å². The highest BCUT2D eigenvalue weighted by atomic mass is 15.3. The van der Waals surface area contributed by atoms with Crippen LogP contribution >= 0.6 is 0 Å². The molecule has 1 aliphatic rings. The van der Waals surface area contributed by atoms with Crippen molar-refractivity contribution in [1.29, 1.82) is 5.26 Å². The van der Waals surface area contributed by atoms with Gasteiger partial charge in [0, 0.05) is 39.3 Å². The number of hydrogen-bond donors (Lipinski definition) is 0. The lowest BCUT2D eigenvalue weighted by atomic mass is 10.1. The van der Waals surface area contributed by atoms with Crippen LogP contribution in [0.5, 0.6) is 0 Å². The first kappa shape index (κ1) is 14.0. The molecule has 0 radical (unpaired) electrons. The van der Waals surface area contributed by atoms with Gasteiger partial charge in [0.1, 0.15) is 0 Å². The summed E-state index contributed by atoms with van der Waals surface area (Å²) < 4.78 is 0. The zero-order valence-electron chi connectivity index (χ0n) is 11.8. The van der Waals surface area contributed by atoms with Gasteiger partial charge in [-0.05, 0) is 12.0 Å². The topological polar surface area (TPSA) is 30.3 Å². The Balaban J connectivity index is 1.75. The molecule has 102 valence electrons. The second-order valence-electron chi connectivity index (χ2n) is 5.30. The highest BCUT2D eigenvalue weighted by Gasteiger charge is 2.19. The molecule has 1 aromatic rings. The second kappa shape index (κ2) is 7.28. The van der Waals surface area contributed by atoms with Crippen LogP contribution in [0.3, 0.4) is 0 Å². The third-order valence-corrected chi connectivity index (χ3v) is 3.87. The Bertz CT molecular complexity index is 402. The summed E-state index contributed by atoms with van der Waals surface area (Å²) in [6, 6.07) is 13.0. The molecule has 0 N–H and O–H groups in total. The fourth-order valence-corrected chi connectivity index (χ4v) is 2.54. The minimum atomic E-state index is 0.195. The molecule has 1 aromatic carbocycles. The fraction of sp³-hybridized carbons (Fsp3) is 0.562. The summed E-state index contributed by atoms with van der Waals surface area (Å²) in [5, 5.41) is 9.02. The number of nitrogens with zero attached hydrogens (tertiary/aromatic N) is 3. The van der Waals surface area contributed by atoms with Crippen LogP contribution in [-0.2, 0) is 6.54 Å². The Labute approximate surface area is 116 Å². The molecule has 0 aromatic heterocycles. The average molecular weight is 257 g/mol. The molecular formula is C16H23N3. The monoisotopic (exact) mass is 257 g/mol. The Morgan fingerprint density at radius 1 is 1.11 bits per heavy atom. The standard InChI is InChI=1S/C16H23N3/c1-2-15(12-17)13-18-8-10-19(11-9-18)14-16-6-4-3-5-7-16/h3-7,15H,2,8-11,13-14H2,1H3. The number of rotatable bonds is 5. The van der Waals surface area contributed by atoms with Crippen LogP contribution in [0.25, 0.3) is 0 Å². The third-order valence-electron chi connectivity index (χ3n) is 3.87. The summed E-state index contributed by atoms with van der Waals surface area (Å²) in [6.45, 7) is 8.47. The van der Waals surface area contributed by atoms with E-state index in [0.29, 0.717) is 0 Å². The maximum Gasteiger partial charge on any atom is 0.0669 e. The summed E-state index contributed by atoms with van der Waals surface area (Å²) >= 11 is 0. The molecule has 0 aliphatic carbocycles. The first-order valence-corrected chi connectivity index (χ1v) is 7.20. The maximum atomic E-state index is 9.02. The van der Waals surface area contributed by atoms with Crippen molar-refractivity contribution in [2.75, 3.05) is 32.7 Å². The molecule has 3 nitrogen and oxygen atoms in total. The molecule has 0 spiro atoms. The molecule has 0 amide bonds. The van der Waals surface area contributed by atoms with E-state index < -0.39 is 0 Å². The number of hydrogen-bond acceptors (Lipinski definition) is 3. The summed E-state index contributed by atoms with van der Waals surface area (Å²) in [5.41, 5.74) is 1.39. The first-order chi connectivity index (χ1) is 9.31.